The largest absolute Gasteiger partial charge is 0.350 e. The van der Waals surface area contributed by atoms with E-state index in [-0.39, 0.29) is 17.5 Å². The summed E-state index contributed by atoms with van der Waals surface area (Å²) >= 11 is 0. The van der Waals surface area contributed by atoms with Gasteiger partial charge in [0.05, 0.1) is 4.92 Å². The number of benzene rings is 1. The van der Waals surface area contributed by atoms with Gasteiger partial charge in [-0.25, -0.2) is 9.67 Å². The average Bonchev–Trinajstić information content (AvgIpc) is 3.49. The Labute approximate surface area is 184 Å². The van der Waals surface area contributed by atoms with Crippen molar-refractivity contribution in [1.82, 2.24) is 25.0 Å². The number of nitrogens with one attached hydrogen (secondary N) is 1. The van der Waals surface area contributed by atoms with Gasteiger partial charge in [-0.3, -0.25) is 19.7 Å². The van der Waals surface area contributed by atoms with Crippen LogP contribution in [0.3, 0.4) is 0 Å². The molecule has 10 heteroatoms. The summed E-state index contributed by atoms with van der Waals surface area (Å²) < 4.78 is 1.63. The number of aryl methyl sites for hydroxylation is 1. The van der Waals surface area contributed by atoms with E-state index in [1.54, 1.807) is 36.3 Å². The number of hydrogen-bond acceptors (Lipinski definition) is 6. The molecule has 3 aromatic rings. The number of amides is 2. The van der Waals surface area contributed by atoms with Gasteiger partial charge in [-0.15, -0.1) is 0 Å². The molecule has 1 aliphatic rings. The Kier molecular flexibility index (Phi) is 5.93. The van der Waals surface area contributed by atoms with Crippen molar-refractivity contribution in [2.24, 2.45) is 0 Å². The molecule has 1 N–H and O–H groups in total. The van der Waals surface area contributed by atoms with Crippen LogP contribution in [0.2, 0.25) is 0 Å². The molecule has 0 radical (unpaired) electrons. The van der Waals surface area contributed by atoms with Gasteiger partial charge in [0.15, 0.2) is 5.82 Å². The van der Waals surface area contributed by atoms with Crippen LogP contribution < -0.4 is 5.32 Å². The molecule has 1 unspecified atom stereocenters. The Morgan fingerprint density at radius 1 is 1.25 bits per heavy atom. The topological polar surface area (TPSA) is 123 Å². The summed E-state index contributed by atoms with van der Waals surface area (Å²) in [6.07, 6.45) is 6.38. The maximum absolute atomic E-state index is 13.0. The maximum Gasteiger partial charge on any atom is 0.272 e. The smallest absolute Gasteiger partial charge is 0.272 e. The van der Waals surface area contributed by atoms with Crippen LogP contribution in [0, 0.1) is 17.0 Å². The van der Waals surface area contributed by atoms with Crippen molar-refractivity contribution in [3.05, 3.63) is 81.8 Å². The average molecular weight is 434 g/mol. The number of likely N-dealkylation sites (tertiary alicyclic amines) is 1. The van der Waals surface area contributed by atoms with E-state index >= 15 is 0 Å². The summed E-state index contributed by atoms with van der Waals surface area (Å²) in [6.45, 7) is 2.35. The molecule has 1 aromatic carbocycles. The van der Waals surface area contributed by atoms with E-state index in [0.29, 0.717) is 42.9 Å². The zero-order chi connectivity index (χ0) is 22.7. The Hall–Kier alpha value is -4.08. The maximum atomic E-state index is 13.0. The number of nitro benzene ring substituents is 1. The van der Waals surface area contributed by atoms with Crippen molar-refractivity contribution >= 4 is 17.5 Å². The summed E-state index contributed by atoms with van der Waals surface area (Å²) in [6, 6.07) is 9.14. The van der Waals surface area contributed by atoms with Crippen LogP contribution in [0.1, 0.15) is 34.3 Å². The molecule has 2 amide bonds. The van der Waals surface area contributed by atoms with Crippen LogP contribution in [0.15, 0.2) is 55.0 Å². The van der Waals surface area contributed by atoms with Crippen molar-refractivity contribution in [1.29, 1.82) is 0 Å². The summed E-state index contributed by atoms with van der Waals surface area (Å²) in [5.41, 5.74) is 1.57. The first-order chi connectivity index (χ1) is 15.4. The van der Waals surface area contributed by atoms with Crippen LogP contribution in [0.5, 0.6) is 0 Å². The first-order valence-corrected chi connectivity index (χ1v) is 10.2. The Balaban J connectivity index is 1.43. The lowest BCUT2D eigenvalue weighted by atomic mass is 10.1. The number of carbonyl (C=O) groups is 2. The van der Waals surface area contributed by atoms with Crippen LogP contribution in [-0.4, -0.2) is 49.0 Å². The zero-order valence-corrected chi connectivity index (χ0v) is 17.5. The van der Waals surface area contributed by atoms with E-state index in [2.05, 4.69) is 15.4 Å². The predicted molar refractivity (Wildman–Crippen MR) is 115 cm³/mol. The molecule has 1 saturated heterocycles. The summed E-state index contributed by atoms with van der Waals surface area (Å²) in [5.74, 6) is 0.116. The lowest BCUT2D eigenvalue weighted by Gasteiger charge is -2.24. The molecule has 1 aliphatic heterocycles. The molecule has 1 atom stereocenters. The van der Waals surface area contributed by atoms with Gasteiger partial charge in [0.1, 0.15) is 6.04 Å². The molecule has 0 bridgehead atoms. The van der Waals surface area contributed by atoms with Gasteiger partial charge in [0.25, 0.3) is 11.6 Å². The highest BCUT2D eigenvalue weighted by atomic mass is 16.6. The van der Waals surface area contributed by atoms with E-state index in [9.17, 15) is 19.7 Å². The van der Waals surface area contributed by atoms with Gasteiger partial charge in [-0.1, -0.05) is 0 Å². The number of aromatic nitrogens is 3. The predicted octanol–water partition coefficient (Wildman–Crippen LogP) is 2.40. The van der Waals surface area contributed by atoms with Gasteiger partial charge in [-0.05, 0) is 55.7 Å². The Morgan fingerprint density at radius 3 is 2.81 bits per heavy atom. The standard InChI is InChI=1S/C22H22N6O4/c1-15-12-17(5-6-18(15)28(31)32)22(30)26-10-2-4-19(26)21(29)24-14-16-7-9-23-20(13-16)27-11-3-8-25-27/h3,5-9,11-13,19H,2,4,10,14H2,1H3,(H,24,29). The van der Waals surface area contributed by atoms with Gasteiger partial charge >= 0.3 is 0 Å². The molecule has 2 aromatic heterocycles. The highest BCUT2D eigenvalue weighted by Gasteiger charge is 2.34. The number of carbonyl (C=O) groups excluding carboxylic acids is 2. The number of nitrogens with zero attached hydrogens (tertiary/aromatic N) is 5. The van der Waals surface area contributed by atoms with Crippen molar-refractivity contribution < 1.29 is 14.5 Å². The molecular weight excluding hydrogens is 412 g/mol. The minimum Gasteiger partial charge on any atom is -0.350 e. The van der Waals surface area contributed by atoms with Gasteiger partial charge in [-0.2, -0.15) is 5.10 Å². The van der Waals surface area contributed by atoms with Gasteiger partial charge in [0.2, 0.25) is 5.91 Å². The van der Waals surface area contributed by atoms with Crippen molar-refractivity contribution in [3.63, 3.8) is 0 Å². The molecule has 10 nitrogen and oxygen atoms in total. The Bertz CT molecular complexity index is 1160. The van der Waals surface area contributed by atoms with Gasteiger partial charge in [0, 0.05) is 48.9 Å². The molecule has 3 heterocycles. The third-order valence-corrected chi connectivity index (χ3v) is 5.47. The fraction of sp³-hybridized carbons (Fsp3) is 0.273. The zero-order valence-electron chi connectivity index (χ0n) is 17.5. The molecule has 0 saturated carbocycles. The molecule has 32 heavy (non-hydrogen) atoms. The monoisotopic (exact) mass is 434 g/mol. The molecule has 4 rings (SSSR count). The lowest BCUT2D eigenvalue weighted by Crippen LogP contribution is -2.45. The minimum atomic E-state index is -0.578. The summed E-state index contributed by atoms with van der Waals surface area (Å²) in [7, 11) is 0. The second-order valence-electron chi connectivity index (χ2n) is 7.61. The third kappa shape index (κ3) is 4.34. The van der Waals surface area contributed by atoms with Crippen LogP contribution in [-0.2, 0) is 11.3 Å². The fourth-order valence-electron chi connectivity index (χ4n) is 3.85. The molecule has 164 valence electrons. The SMILES string of the molecule is Cc1cc(C(=O)N2CCCC2C(=O)NCc2ccnc(-n3cccn3)c2)ccc1[N+](=O)[O-]. The molecule has 1 fully saturated rings. The van der Waals surface area contributed by atoms with E-state index < -0.39 is 11.0 Å². The van der Waals surface area contributed by atoms with Crippen molar-refractivity contribution in [2.75, 3.05) is 6.54 Å². The fourth-order valence-corrected chi connectivity index (χ4v) is 3.85. The van der Waals surface area contributed by atoms with E-state index in [1.807, 2.05) is 12.1 Å². The first-order valence-electron chi connectivity index (χ1n) is 10.2. The highest BCUT2D eigenvalue weighted by Crippen LogP contribution is 2.24. The van der Waals surface area contributed by atoms with Crippen LogP contribution in [0.25, 0.3) is 5.82 Å². The minimum absolute atomic E-state index is 0.0379. The summed E-state index contributed by atoms with van der Waals surface area (Å²) in [4.78, 5) is 42.2. The van der Waals surface area contributed by atoms with Crippen LogP contribution in [0.4, 0.5) is 5.69 Å². The summed E-state index contributed by atoms with van der Waals surface area (Å²) in [5, 5.41) is 18.1. The number of nitro groups is 1. The number of rotatable bonds is 6. The van der Waals surface area contributed by atoms with Gasteiger partial charge < -0.3 is 10.2 Å². The van der Waals surface area contributed by atoms with Crippen molar-refractivity contribution in [2.45, 2.75) is 32.4 Å². The molecule has 0 spiro atoms. The quantitative estimate of drug-likeness (QED) is 0.469. The second-order valence-corrected chi connectivity index (χ2v) is 7.61. The number of hydrogen-bond donors (Lipinski definition) is 1. The number of pyridine rings is 1. The second kappa shape index (κ2) is 8.96. The normalized spacial score (nSPS) is 15.5. The Morgan fingerprint density at radius 2 is 2.09 bits per heavy atom. The van der Waals surface area contributed by atoms with Crippen LogP contribution >= 0.6 is 0 Å². The molecular formula is C22H22N6O4. The lowest BCUT2D eigenvalue weighted by molar-refractivity contribution is -0.385. The first kappa shape index (κ1) is 21.2. The van der Waals surface area contributed by atoms with Crippen molar-refractivity contribution in [3.8, 4) is 5.82 Å². The van der Waals surface area contributed by atoms with E-state index in [4.69, 9.17) is 0 Å². The molecule has 0 aliphatic carbocycles. The third-order valence-electron chi connectivity index (χ3n) is 5.47. The highest BCUT2D eigenvalue weighted by molar-refractivity contribution is 5.98. The van der Waals surface area contributed by atoms with E-state index in [1.165, 1.54) is 23.1 Å². The van der Waals surface area contributed by atoms with E-state index in [0.717, 1.165) is 5.56 Å².